The van der Waals surface area contributed by atoms with Gasteiger partial charge in [0, 0.05) is 23.7 Å². The molecule has 0 nitrogen and oxygen atoms in total. The standard InChI is InChI=1S/C23H40.C22H38/c1-3-5-6-7-8-9-21-14-16-23(17-15-21)19-18-22-12-10-20(4-2)11-13-22;1-3-5-6-7-8-20-13-15-22(16-14-20)18-17-21-11-9-19(4-2)10-12-21/h20-23H,3-17H2,1-2H3;19-22H,3-16H2,1-2H3/t20-,21-,22-,23-;19-,20-,21-,22-. The van der Waals surface area contributed by atoms with Crippen LogP contribution in [0.15, 0.2) is 0 Å². The summed E-state index contributed by atoms with van der Waals surface area (Å²) in [5, 5.41) is 0. The SMILES string of the molecule is CCCCCCC[C@H]1CC[C@H](C#C[C@H]2CC[C@H](CC)CC2)CC1.CCCCCC[C@H]1CC[C@H](C#C[C@H]2CC[C@H](CC)CC2)CC1. The van der Waals surface area contributed by atoms with Crippen LogP contribution >= 0.6 is 0 Å². The van der Waals surface area contributed by atoms with Crippen molar-refractivity contribution in [2.24, 2.45) is 47.3 Å². The van der Waals surface area contributed by atoms with Crippen molar-refractivity contribution in [3.05, 3.63) is 0 Å². The highest BCUT2D eigenvalue weighted by Crippen LogP contribution is 2.35. The molecule has 0 heterocycles. The molecule has 45 heavy (non-hydrogen) atoms. The van der Waals surface area contributed by atoms with Crippen LogP contribution in [0.1, 0.15) is 214 Å². The molecule has 0 spiro atoms. The average molecular weight is 619 g/mol. The van der Waals surface area contributed by atoms with Crippen LogP contribution in [0.3, 0.4) is 0 Å². The largest absolute Gasteiger partial charge is 0.0996 e. The van der Waals surface area contributed by atoms with E-state index >= 15 is 0 Å². The minimum Gasteiger partial charge on any atom is -0.0996 e. The second-order valence-electron chi connectivity index (χ2n) is 16.3. The lowest BCUT2D eigenvalue weighted by molar-refractivity contribution is 0.292. The average Bonchev–Trinajstić information content (AvgIpc) is 3.10. The van der Waals surface area contributed by atoms with Gasteiger partial charge in [-0.3, -0.25) is 0 Å². The molecule has 0 bridgehead atoms. The van der Waals surface area contributed by atoms with Crippen LogP contribution in [-0.2, 0) is 0 Å². The highest BCUT2D eigenvalue weighted by molar-refractivity contribution is 5.10. The van der Waals surface area contributed by atoms with E-state index in [0.29, 0.717) is 0 Å². The number of hydrogen-bond acceptors (Lipinski definition) is 0. The fourth-order valence-electron chi connectivity index (χ4n) is 8.99. The van der Waals surface area contributed by atoms with Gasteiger partial charge in [-0.2, -0.15) is 0 Å². The van der Waals surface area contributed by atoms with Gasteiger partial charge in [0.1, 0.15) is 0 Å². The fraction of sp³-hybridized carbons (Fsp3) is 0.911. The van der Waals surface area contributed by atoms with Crippen LogP contribution in [0.5, 0.6) is 0 Å². The molecule has 0 amide bonds. The lowest BCUT2D eigenvalue weighted by Crippen LogP contribution is -2.15. The van der Waals surface area contributed by atoms with Crippen molar-refractivity contribution in [2.45, 2.75) is 214 Å². The van der Waals surface area contributed by atoms with Gasteiger partial charge in [-0.1, -0.05) is 135 Å². The molecule has 4 saturated carbocycles. The van der Waals surface area contributed by atoms with E-state index in [0.717, 1.165) is 47.3 Å². The van der Waals surface area contributed by atoms with Crippen molar-refractivity contribution in [1.29, 1.82) is 0 Å². The Morgan fingerprint density at radius 3 is 0.867 bits per heavy atom. The van der Waals surface area contributed by atoms with Gasteiger partial charge in [0.2, 0.25) is 0 Å². The second-order valence-corrected chi connectivity index (χ2v) is 16.3. The molecule has 0 heteroatoms. The number of unbranched alkanes of at least 4 members (excludes halogenated alkanes) is 7. The Labute approximate surface area is 284 Å². The molecule has 0 aliphatic heterocycles. The van der Waals surface area contributed by atoms with Crippen molar-refractivity contribution in [3.8, 4) is 23.7 Å². The van der Waals surface area contributed by atoms with Gasteiger partial charge in [-0.25, -0.2) is 0 Å². The minimum atomic E-state index is 0.731. The van der Waals surface area contributed by atoms with Gasteiger partial charge in [0.05, 0.1) is 0 Å². The molecule has 4 rings (SSSR count). The van der Waals surface area contributed by atoms with Crippen LogP contribution in [0.4, 0.5) is 0 Å². The lowest BCUT2D eigenvalue weighted by atomic mass is 9.78. The molecule has 0 aromatic heterocycles. The Balaban J connectivity index is 0.000000246. The van der Waals surface area contributed by atoms with E-state index in [-0.39, 0.29) is 0 Å². The molecule has 0 saturated heterocycles. The molecule has 0 aromatic rings. The maximum atomic E-state index is 3.68. The zero-order valence-corrected chi connectivity index (χ0v) is 31.1. The Kier molecular flexibility index (Phi) is 20.8. The second kappa shape index (κ2) is 24.3. The maximum Gasteiger partial charge on any atom is 0.0203 e. The summed E-state index contributed by atoms with van der Waals surface area (Å²) in [4.78, 5) is 0. The van der Waals surface area contributed by atoms with Gasteiger partial charge in [0.15, 0.2) is 0 Å². The number of rotatable bonds is 13. The normalized spacial score (nSPS) is 31.8. The molecular formula is C45H78. The third-order valence-corrected chi connectivity index (χ3v) is 12.7. The van der Waals surface area contributed by atoms with Gasteiger partial charge < -0.3 is 0 Å². The molecule has 0 radical (unpaired) electrons. The summed E-state index contributed by atoms with van der Waals surface area (Å²) in [5.74, 6) is 21.7. The predicted molar refractivity (Wildman–Crippen MR) is 200 cm³/mol. The van der Waals surface area contributed by atoms with Gasteiger partial charge in [-0.05, 0) is 126 Å². The topological polar surface area (TPSA) is 0 Å². The first-order valence-electron chi connectivity index (χ1n) is 21.1. The minimum absolute atomic E-state index is 0.731. The first-order chi connectivity index (χ1) is 22.1. The monoisotopic (exact) mass is 619 g/mol. The van der Waals surface area contributed by atoms with Gasteiger partial charge in [0.25, 0.3) is 0 Å². The van der Waals surface area contributed by atoms with E-state index < -0.39 is 0 Å². The van der Waals surface area contributed by atoms with E-state index in [2.05, 4.69) is 51.4 Å². The predicted octanol–water partition coefficient (Wildman–Crippen LogP) is 14.4. The van der Waals surface area contributed by atoms with Crippen molar-refractivity contribution in [1.82, 2.24) is 0 Å². The molecule has 4 fully saturated rings. The van der Waals surface area contributed by atoms with Crippen molar-refractivity contribution in [3.63, 3.8) is 0 Å². The van der Waals surface area contributed by atoms with Gasteiger partial charge in [-0.15, -0.1) is 0 Å². The highest BCUT2D eigenvalue weighted by Gasteiger charge is 2.23. The molecule has 258 valence electrons. The molecule has 0 N–H and O–H groups in total. The highest BCUT2D eigenvalue weighted by atomic mass is 14.3. The smallest absolute Gasteiger partial charge is 0.0203 e. The summed E-state index contributed by atoms with van der Waals surface area (Å²) in [7, 11) is 0. The molecule has 4 aliphatic rings. The molecule has 4 aliphatic carbocycles. The maximum absolute atomic E-state index is 3.68. The van der Waals surface area contributed by atoms with Crippen LogP contribution < -0.4 is 0 Å². The first kappa shape index (κ1) is 38.6. The van der Waals surface area contributed by atoms with E-state index in [1.54, 1.807) is 0 Å². The quantitative estimate of drug-likeness (QED) is 0.142. The van der Waals surface area contributed by atoms with E-state index in [4.69, 9.17) is 0 Å². The van der Waals surface area contributed by atoms with E-state index in [9.17, 15) is 0 Å². The van der Waals surface area contributed by atoms with Crippen LogP contribution in [0, 0.1) is 71.0 Å². The zero-order valence-electron chi connectivity index (χ0n) is 31.1. The molecule has 0 unspecified atom stereocenters. The van der Waals surface area contributed by atoms with Crippen molar-refractivity contribution in [2.75, 3.05) is 0 Å². The van der Waals surface area contributed by atoms with Crippen LogP contribution in [0.25, 0.3) is 0 Å². The van der Waals surface area contributed by atoms with Crippen molar-refractivity contribution < 1.29 is 0 Å². The fourth-order valence-corrected chi connectivity index (χ4v) is 8.99. The lowest BCUT2D eigenvalue weighted by Gasteiger charge is -2.26. The summed E-state index contributed by atoms with van der Waals surface area (Å²) in [5.41, 5.74) is 0. The summed E-state index contributed by atoms with van der Waals surface area (Å²) in [6.45, 7) is 9.30. The third kappa shape index (κ3) is 16.7. The Bertz CT molecular complexity index is 813. The first-order valence-corrected chi connectivity index (χ1v) is 21.1. The Hall–Kier alpha value is -0.880. The van der Waals surface area contributed by atoms with Gasteiger partial charge >= 0.3 is 0 Å². The molecule has 0 atom stereocenters. The Morgan fingerprint density at radius 2 is 0.578 bits per heavy atom. The van der Waals surface area contributed by atoms with E-state index in [1.165, 1.54) is 186 Å². The van der Waals surface area contributed by atoms with Crippen molar-refractivity contribution >= 4 is 0 Å². The summed E-state index contributed by atoms with van der Waals surface area (Å²) >= 11 is 0. The summed E-state index contributed by atoms with van der Waals surface area (Å²) in [6, 6.07) is 0. The Morgan fingerprint density at radius 1 is 0.311 bits per heavy atom. The zero-order chi connectivity index (χ0) is 32.0. The third-order valence-electron chi connectivity index (χ3n) is 12.7. The van der Waals surface area contributed by atoms with Crippen LogP contribution in [-0.4, -0.2) is 0 Å². The summed E-state index contributed by atoms with van der Waals surface area (Å²) in [6.07, 6.45) is 41.2. The van der Waals surface area contributed by atoms with E-state index in [1.807, 2.05) is 0 Å². The van der Waals surface area contributed by atoms with Crippen LogP contribution in [0.2, 0.25) is 0 Å². The molecule has 0 aromatic carbocycles. The molecular weight excluding hydrogens is 540 g/mol. The number of hydrogen-bond donors (Lipinski definition) is 0. The summed E-state index contributed by atoms with van der Waals surface area (Å²) < 4.78 is 0.